The Labute approximate surface area is 106 Å². The van der Waals surface area contributed by atoms with Crippen molar-refractivity contribution in [3.05, 3.63) is 54.1 Å². The van der Waals surface area contributed by atoms with Gasteiger partial charge < -0.3 is 9.15 Å². The van der Waals surface area contributed by atoms with Crippen molar-refractivity contribution in [1.29, 1.82) is 0 Å². The van der Waals surface area contributed by atoms with Crippen molar-refractivity contribution < 1.29 is 9.15 Å². The van der Waals surface area contributed by atoms with E-state index in [0.29, 0.717) is 0 Å². The van der Waals surface area contributed by atoms with E-state index in [0.717, 1.165) is 33.6 Å². The molecule has 3 aromatic rings. The quantitative estimate of drug-likeness (QED) is 0.659. The molecule has 2 nitrogen and oxygen atoms in total. The Morgan fingerprint density at radius 1 is 1.00 bits per heavy atom. The van der Waals surface area contributed by atoms with Crippen LogP contribution in [0.25, 0.3) is 22.3 Å². The second-order valence-electron chi connectivity index (χ2n) is 4.34. The molecule has 0 unspecified atom stereocenters. The zero-order valence-electron chi connectivity index (χ0n) is 10.4. The number of hydrogen-bond acceptors (Lipinski definition) is 2. The molecule has 0 aliphatic heterocycles. The summed E-state index contributed by atoms with van der Waals surface area (Å²) >= 11 is 0. The van der Waals surface area contributed by atoms with E-state index in [1.807, 2.05) is 49.4 Å². The van der Waals surface area contributed by atoms with E-state index in [9.17, 15) is 0 Å². The molecule has 0 atom stereocenters. The van der Waals surface area contributed by atoms with E-state index in [-0.39, 0.29) is 0 Å². The highest BCUT2D eigenvalue weighted by molar-refractivity contribution is 5.86. The van der Waals surface area contributed by atoms with Crippen LogP contribution in [-0.4, -0.2) is 7.11 Å². The summed E-state index contributed by atoms with van der Waals surface area (Å²) in [6.07, 6.45) is 0. The fourth-order valence-electron chi connectivity index (χ4n) is 2.16. The first-order valence-corrected chi connectivity index (χ1v) is 5.91. The lowest BCUT2D eigenvalue weighted by Gasteiger charge is -2.01. The Morgan fingerprint density at radius 3 is 2.50 bits per heavy atom. The number of benzene rings is 2. The molecule has 18 heavy (non-hydrogen) atoms. The van der Waals surface area contributed by atoms with Gasteiger partial charge in [0.25, 0.3) is 0 Å². The van der Waals surface area contributed by atoms with Gasteiger partial charge >= 0.3 is 0 Å². The van der Waals surface area contributed by atoms with E-state index in [1.54, 1.807) is 7.11 Å². The van der Waals surface area contributed by atoms with Crippen molar-refractivity contribution in [2.24, 2.45) is 0 Å². The highest BCUT2D eigenvalue weighted by atomic mass is 16.5. The third kappa shape index (κ3) is 1.76. The maximum Gasteiger partial charge on any atom is 0.137 e. The Morgan fingerprint density at radius 2 is 1.78 bits per heavy atom. The van der Waals surface area contributed by atoms with E-state index in [1.165, 1.54) is 0 Å². The molecule has 0 amide bonds. The lowest BCUT2D eigenvalue weighted by molar-refractivity contribution is 0.415. The number of furan rings is 1. The highest BCUT2D eigenvalue weighted by Gasteiger charge is 2.09. The Hall–Kier alpha value is -2.22. The molecule has 0 aliphatic rings. The Kier molecular flexibility index (Phi) is 2.56. The van der Waals surface area contributed by atoms with Gasteiger partial charge in [0, 0.05) is 10.9 Å². The number of methoxy groups -OCH3 is 1. The molecule has 2 aromatic carbocycles. The minimum absolute atomic E-state index is 0.861. The number of aryl methyl sites for hydroxylation is 1. The van der Waals surface area contributed by atoms with Gasteiger partial charge in [-0.1, -0.05) is 30.3 Å². The summed E-state index contributed by atoms with van der Waals surface area (Å²) in [5.74, 6) is 1.75. The van der Waals surface area contributed by atoms with Crippen molar-refractivity contribution >= 4 is 11.0 Å². The third-order valence-electron chi connectivity index (χ3n) is 3.07. The number of hydrogen-bond donors (Lipinski definition) is 0. The average molecular weight is 238 g/mol. The molecular weight excluding hydrogens is 224 g/mol. The molecule has 0 radical (unpaired) electrons. The summed E-state index contributed by atoms with van der Waals surface area (Å²) in [6.45, 7) is 2.03. The second-order valence-corrected chi connectivity index (χ2v) is 4.34. The summed E-state index contributed by atoms with van der Waals surface area (Å²) < 4.78 is 11.2. The minimum Gasteiger partial charge on any atom is -0.497 e. The third-order valence-corrected chi connectivity index (χ3v) is 3.07. The normalized spacial score (nSPS) is 10.8. The summed E-state index contributed by atoms with van der Waals surface area (Å²) in [4.78, 5) is 0. The molecule has 0 saturated heterocycles. The molecule has 1 heterocycles. The molecule has 0 spiro atoms. The molecule has 3 rings (SSSR count). The van der Waals surface area contributed by atoms with Crippen molar-refractivity contribution in [2.45, 2.75) is 6.92 Å². The second kappa shape index (κ2) is 4.22. The van der Waals surface area contributed by atoms with E-state index in [4.69, 9.17) is 9.15 Å². The number of ether oxygens (including phenoxy) is 1. The first-order chi connectivity index (χ1) is 8.78. The molecule has 0 fully saturated rings. The lowest BCUT2D eigenvalue weighted by atomic mass is 10.1. The van der Waals surface area contributed by atoms with Crippen LogP contribution < -0.4 is 4.74 Å². The van der Waals surface area contributed by atoms with Gasteiger partial charge in [0.15, 0.2) is 0 Å². The predicted molar refractivity (Wildman–Crippen MR) is 72.9 cm³/mol. The van der Waals surface area contributed by atoms with Gasteiger partial charge in [-0.05, 0) is 30.7 Å². The van der Waals surface area contributed by atoms with E-state index >= 15 is 0 Å². The van der Waals surface area contributed by atoms with Gasteiger partial charge in [0.1, 0.15) is 17.1 Å². The van der Waals surface area contributed by atoms with Crippen LogP contribution in [0.5, 0.6) is 5.75 Å². The standard InChI is InChI=1S/C16H14O2/c1-11-8-14(17-2)9-13-10-15(18-16(11)13)12-6-4-3-5-7-12/h3-10H,1-2H3. The fourth-order valence-corrected chi connectivity index (χ4v) is 2.16. The number of fused-ring (bicyclic) bond motifs is 1. The van der Waals surface area contributed by atoms with E-state index < -0.39 is 0 Å². The molecular formula is C16H14O2. The molecule has 0 bridgehead atoms. The van der Waals surface area contributed by atoms with Crippen LogP contribution in [0.2, 0.25) is 0 Å². The summed E-state index contributed by atoms with van der Waals surface area (Å²) in [6, 6.07) is 16.2. The van der Waals surface area contributed by atoms with Gasteiger partial charge in [-0.3, -0.25) is 0 Å². The van der Waals surface area contributed by atoms with Gasteiger partial charge in [0.2, 0.25) is 0 Å². The minimum atomic E-state index is 0.861. The van der Waals surface area contributed by atoms with Gasteiger partial charge in [0.05, 0.1) is 7.11 Å². The molecule has 0 saturated carbocycles. The monoisotopic (exact) mass is 238 g/mol. The molecule has 2 heteroatoms. The zero-order chi connectivity index (χ0) is 12.5. The summed E-state index contributed by atoms with van der Waals surface area (Å²) in [5.41, 5.74) is 3.10. The zero-order valence-corrected chi connectivity index (χ0v) is 10.4. The lowest BCUT2D eigenvalue weighted by Crippen LogP contribution is -1.83. The van der Waals surface area contributed by atoms with Gasteiger partial charge in [-0.15, -0.1) is 0 Å². The van der Waals surface area contributed by atoms with Gasteiger partial charge in [-0.25, -0.2) is 0 Å². The first-order valence-electron chi connectivity index (χ1n) is 5.91. The van der Waals surface area contributed by atoms with Crippen LogP contribution in [-0.2, 0) is 0 Å². The average Bonchev–Trinajstić information content (AvgIpc) is 2.84. The number of rotatable bonds is 2. The molecule has 90 valence electrons. The first kappa shape index (κ1) is 10.9. The van der Waals surface area contributed by atoms with Crippen LogP contribution in [0, 0.1) is 6.92 Å². The van der Waals surface area contributed by atoms with Crippen LogP contribution >= 0.6 is 0 Å². The SMILES string of the molecule is COc1cc(C)c2oc(-c3ccccc3)cc2c1. The van der Waals surface area contributed by atoms with Crippen molar-refractivity contribution in [3.8, 4) is 17.1 Å². The maximum absolute atomic E-state index is 5.93. The van der Waals surface area contributed by atoms with Crippen molar-refractivity contribution in [3.63, 3.8) is 0 Å². The van der Waals surface area contributed by atoms with Crippen molar-refractivity contribution in [2.75, 3.05) is 7.11 Å². The van der Waals surface area contributed by atoms with Crippen LogP contribution in [0.15, 0.2) is 52.9 Å². The molecule has 0 N–H and O–H groups in total. The highest BCUT2D eigenvalue weighted by Crippen LogP contribution is 2.32. The van der Waals surface area contributed by atoms with E-state index in [2.05, 4.69) is 6.07 Å². The van der Waals surface area contributed by atoms with Crippen LogP contribution in [0.4, 0.5) is 0 Å². The Bertz CT molecular complexity index is 681. The largest absolute Gasteiger partial charge is 0.497 e. The molecule has 0 aliphatic carbocycles. The predicted octanol–water partition coefficient (Wildman–Crippen LogP) is 4.42. The van der Waals surface area contributed by atoms with Gasteiger partial charge in [-0.2, -0.15) is 0 Å². The topological polar surface area (TPSA) is 22.4 Å². The summed E-state index contributed by atoms with van der Waals surface area (Å²) in [5, 5.41) is 1.07. The summed E-state index contributed by atoms with van der Waals surface area (Å²) in [7, 11) is 1.68. The maximum atomic E-state index is 5.93. The molecule has 1 aromatic heterocycles. The smallest absolute Gasteiger partial charge is 0.137 e. The van der Waals surface area contributed by atoms with Crippen molar-refractivity contribution in [1.82, 2.24) is 0 Å². The fraction of sp³-hybridized carbons (Fsp3) is 0.125. The Balaban J connectivity index is 2.20. The van der Waals surface area contributed by atoms with Crippen LogP contribution in [0.3, 0.4) is 0 Å². The van der Waals surface area contributed by atoms with Crippen LogP contribution in [0.1, 0.15) is 5.56 Å².